The van der Waals surface area contributed by atoms with Crippen LogP contribution in [0, 0.1) is 0 Å². The molecule has 0 atom stereocenters. The minimum Gasteiger partial charge on any atom is -0.361 e. The molecule has 0 spiro atoms. The number of nitrogens with one attached hydrogen (secondary N) is 2. The Morgan fingerprint density at radius 1 is 1.19 bits per heavy atom. The van der Waals surface area contributed by atoms with Crippen molar-refractivity contribution in [3.63, 3.8) is 0 Å². The number of rotatable bonds is 5. The van der Waals surface area contributed by atoms with Gasteiger partial charge in [-0.05, 0) is 30.2 Å². The number of carbonyl (C=O) groups is 1. The van der Waals surface area contributed by atoms with Gasteiger partial charge in [-0.1, -0.05) is 18.2 Å². The fourth-order valence-corrected chi connectivity index (χ4v) is 2.29. The van der Waals surface area contributed by atoms with Crippen molar-refractivity contribution in [1.29, 1.82) is 0 Å². The molecule has 5 heteroatoms. The average molecular weight is 280 g/mol. The standard InChI is InChI=1S/C16H16N4O/c21-16(18-11-13-4-3-9-19-20-13)8-7-12-10-17-15-6-2-1-5-14(12)15/h1-6,9-10,17H,7-8,11H2,(H,18,21). The summed E-state index contributed by atoms with van der Waals surface area (Å²) in [7, 11) is 0. The Bertz CT molecular complexity index is 736. The first-order valence-electron chi connectivity index (χ1n) is 6.91. The van der Waals surface area contributed by atoms with E-state index in [4.69, 9.17) is 0 Å². The fourth-order valence-electron chi connectivity index (χ4n) is 2.29. The van der Waals surface area contributed by atoms with Gasteiger partial charge < -0.3 is 10.3 Å². The molecular weight excluding hydrogens is 264 g/mol. The molecule has 2 N–H and O–H groups in total. The highest BCUT2D eigenvalue weighted by Gasteiger charge is 2.06. The van der Waals surface area contributed by atoms with E-state index < -0.39 is 0 Å². The van der Waals surface area contributed by atoms with Crippen molar-refractivity contribution >= 4 is 16.8 Å². The van der Waals surface area contributed by atoms with Crippen LogP contribution in [0.5, 0.6) is 0 Å². The monoisotopic (exact) mass is 280 g/mol. The number of hydrogen-bond acceptors (Lipinski definition) is 3. The van der Waals surface area contributed by atoms with Crippen LogP contribution in [-0.2, 0) is 17.8 Å². The average Bonchev–Trinajstić information content (AvgIpc) is 2.95. The lowest BCUT2D eigenvalue weighted by atomic mass is 10.1. The number of fused-ring (bicyclic) bond motifs is 1. The van der Waals surface area contributed by atoms with Crippen LogP contribution >= 0.6 is 0 Å². The zero-order chi connectivity index (χ0) is 14.5. The summed E-state index contributed by atoms with van der Waals surface area (Å²) in [5, 5.41) is 11.7. The lowest BCUT2D eigenvalue weighted by molar-refractivity contribution is -0.121. The molecule has 3 aromatic rings. The third-order valence-electron chi connectivity index (χ3n) is 3.39. The third-order valence-corrected chi connectivity index (χ3v) is 3.39. The molecule has 0 aliphatic heterocycles. The van der Waals surface area contributed by atoms with Crippen LogP contribution in [-0.4, -0.2) is 21.1 Å². The Kier molecular flexibility index (Phi) is 3.91. The molecule has 1 amide bonds. The molecule has 21 heavy (non-hydrogen) atoms. The molecule has 0 saturated carbocycles. The maximum absolute atomic E-state index is 11.9. The normalized spacial score (nSPS) is 10.7. The predicted molar refractivity (Wildman–Crippen MR) is 80.5 cm³/mol. The van der Waals surface area contributed by atoms with Gasteiger partial charge in [0.05, 0.1) is 12.2 Å². The van der Waals surface area contributed by atoms with Crippen molar-refractivity contribution in [3.05, 3.63) is 60.0 Å². The highest BCUT2D eigenvalue weighted by atomic mass is 16.1. The Hall–Kier alpha value is -2.69. The second-order valence-corrected chi connectivity index (χ2v) is 4.85. The van der Waals surface area contributed by atoms with Gasteiger partial charge in [-0.15, -0.1) is 0 Å². The molecule has 0 radical (unpaired) electrons. The summed E-state index contributed by atoms with van der Waals surface area (Å²) < 4.78 is 0. The van der Waals surface area contributed by atoms with Crippen LogP contribution in [0.15, 0.2) is 48.8 Å². The quantitative estimate of drug-likeness (QED) is 0.752. The molecule has 0 fully saturated rings. The maximum Gasteiger partial charge on any atom is 0.220 e. The SMILES string of the molecule is O=C(CCc1c[nH]c2ccccc12)NCc1cccnn1. The summed E-state index contributed by atoms with van der Waals surface area (Å²) in [6.07, 6.45) is 4.77. The predicted octanol–water partition coefficient (Wildman–Crippen LogP) is 2.21. The summed E-state index contributed by atoms with van der Waals surface area (Å²) in [5.74, 6) is 0.0194. The van der Waals surface area contributed by atoms with E-state index in [2.05, 4.69) is 26.6 Å². The molecule has 0 unspecified atom stereocenters. The van der Waals surface area contributed by atoms with Crippen molar-refractivity contribution in [2.24, 2.45) is 0 Å². The molecule has 3 rings (SSSR count). The van der Waals surface area contributed by atoms with Gasteiger partial charge in [0.2, 0.25) is 5.91 Å². The minimum atomic E-state index is 0.0194. The number of aryl methyl sites for hydroxylation is 1. The van der Waals surface area contributed by atoms with E-state index >= 15 is 0 Å². The van der Waals surface area contributed by atoms with Gasteiger partial charge in [-0.2, -0.15) is 10.2 Å². The summed E-state index contributed by atoms with van der Waals surface area (Å²) in [6.45, 7) is 0.417. The molecule has 2 heterocycles. The smallest absolute Gasteiger partial charge is 0.220 e. The maximum atomic E-state index is 11.9. The summed E-state index contributed by atoms with van der Waals surface area (Å²) in [4.78, 5) is 15.1. The summed E-state index contributed by atoms with van der Waals surface area (Å²) >= 11 is 0. The molecule has 0 aliphatic carbocycles. The molecule has 0 bridgehead atoms. The van der Waals surface area contributed by atoms with Gasteiger partial charge in [0, 0.05) is 29.7 Å². The molecule has 106 valence electrons. The lowest BCUT2D eigenvalue weighted by Crippen LogP contribution is -2.23. The Morgan fingerprint density at radius 2 is 2.10 bits per heavy atom. The Morgan fingerprint density at radius 3 is 2.95 bits per heavy atom. The van der Waals surface area contributed by atoms with E-state index in [1.165, 1.54) is 10.9 Å². The molecule has 5 nitrogen and oxygen atoms in total. The zero-order valence-electron chi connectivity index (χ0n) is 11.5. The number of benzene rings is 1. The van der Waals surface area contributed by atoms with Gasteiger partial charge in [-0.3, -0.25) is 4.79 Å². The fraction of sp³-hybridized carbons (Fsp3) is 0.188. The van der Waals surface area contributed by atoms with Crippen LogP contribution in [0.2, 0.25) is 0 Å². The number of amides is 1. The van der Waals surface area contributed by atoms with Crippen molar-refractivity contribution in [2.75, 3.05) is 0 Å². The van der Waals surface area contributed by atoms with Gasteiger partial charge in [0.25, 0.3) is 0 Å². The van der Waals surface area contributed by atoms with Crippen LogP contribution in [0.25, 0.3) is 10.9 Å². The highest BCUT2D eigenvalue weighted by molar-refractivity contribution is 5.84. The lowest BCUT2D eigenvalue weighted by Gasteiger charge is -2.04. The number of H-pyrrole nitrogens is 1. The van der Waals surface area contributed by atoms with Gasteiger partial charge in [0.1, 0.15) is 0 Å². The molecule has 0 aliphatic rings. The molecule has 0 saturated heterocycles. The van der Waals surface area contributed by atoms with Crippen LogP contribution in [0.3, 0.4) is 0 Å². The number of para-hydroxylation sites is 1. The Balaban J connectivity index is 1.54. The number of aromatic nitrogens is 3. The van der Waals surface area contributed by atoms with E-state index in [1.54, 1.807) is 12.3 Å². The first kappa shape index (κ1) is 13.3. The van der Waals surface area contributed by atoms with Crippen molar-refractivity contribution in [3.8, 4) is 0 Å². The van der Waals surface area contributed by atoms with Crippen LogP contribution in [0.4, 0.5) is 0 Å². The van der Waals surface area contributed by atoms with E-state index in [9.17, 15) is 4.79 Å². The molecular formula is C16H16N4O. The van der Waals surface area contributed by atoms with E-state index in [1.807, 2.05) is 30.5 Å². The first-order valence-corrected chi connectivity index (χ1v) is 6.91. The third kappa shape index (κ3) is 3.25. The van der Waals surface area contributed by atoms with Crippen molar-refractivity contribution in [2.45, 2.75) is 19.4 Å². The zero-order valence-corrected chi connectivity index (χ0v) is 11.5. The highest BCUT2D eigenvalue weighted by Crippen LogP contribution is 2.18. The van der Waals surface area contributed by atoms with E-state index in [0.29, 0.717) is 13.0 Å². The van der Waals surface area contributed by atoms with Gasteiger partial charge in [-0.25, -0.2) is 0 Å². The van der Waals surface area contributed by atoms with Crippen molar-refractivity contribution in [1.82, 2.24) is 20.5 Å². The molecule has 2 aromatic heterocycles. The van der Waals surface area contributed by atoms with Gasteiger partial charge >= 0.3 is 0 Å². The molecule has 1 aromatic carbocycles. The summed E-state index contributed by atoms with van der Waals surface area (Å²) in [5.41, 5.74) is 3.03. The van der Waals surface area contributed by atoms with Crippen molar-refractivity contribution < 1.29 is 4.79 Å². The van der Waals surface area contributed by atoms with Crippen LogP contribution in [0.1, 0.15) is 17.7 Å². The number of nitrogens with zero attached hydrogens (tertiary/aromatic N) is 2. The Labute approximate surface area is 122 Å². The number of aromatic amines is 1. The number of hydrogen-bond donors (Lipinski definition) is 2. The first-order chi connectivity index (χ1) is 10.3. The second-order valence-electron chi connectivity index (χ2n) is 4.85. The topological polar surface area (TPSA) is 70.7 Å². The largest absolute Gasteiger partial charge is 0.361 e. The second kappa shape index (κ2) is 6.17. The summed E-state index contributed by atoms with van der Waals surface area (Å²) in [6, 6.07) is 11.8. The van der Waals surface area contributed by atoms with Crippen LogP contribution < -0.4 is 5.32 Å². The minimum absolute atomic E-state index is 0.0194. The van der Waals surface area contributed by atoms with E-state index in [0.717, 1.165) is 17.6 Å². The van der Waals surface area contributed by atoms with Gasteiger partial charge in [0.15, 0.2) is 0 Å². The number of carbonyl (C=O) groups excluding carboxylic acids is 1. The van der Waals surface area contributed by atoms with E-state index in [-0.39, 0.29) is 5.91 Å².